The number of aromatic nitrogens is 5. The van der Waals surface area contributed by atoms with Crippen LogP contribution in [-0.2, 0) is 6.54 Å². The minimum Gasteiger partial charge on any atom is -0.246 e. The molecule has 0 amide bonds. The van der Waals surface area contributed by atoms with Gasteiger partial charge in [0.2, 0.25) is 0 Å². The van der Waals surface area contributed by atoms with Crippen LogP contribution in [0.1, 0.15) is 5.01 Å². The maximum atomic E-state index is 3.95. The van der Waals surface area contributed by atoms with Crippen LogP contribution in [0.3, 0.4) is 0 Å². The minimum atomic E-state index is 0.628. The van der Waals surface area contributed by atoms with Crippen molar-refractivity contribution in [3.63, 3.8) is 0 Å². The van der Waals surface area contributed by atoms with Gasteiger partial charge in [-0.15, -0.1) is 10.2 Å². The van der Waals surface area contributed by atoms with Crippen molar-refractivity contribution in [3.05, 3.63) is 21.6 Å². The van der Waals surface area contributed by atoms with Crippen LogP contribution in [0.15, 0.2) is 16.6 Å². The molecule has 0 fully saturated rings. The van der Waals surface area contributed by atoms with E-state index in [9.17, 15) is 0 Å². The Labute approximate surface area is 80.6 Å². The molecular weight excluding hydrogens is 242 g/mol. The number of hydrogen-bond donors (Lipinski definition) is 0. The minimum absolute atomic E-state index is 0.628. The summed E-state index contributed by atoms with van der Waals surface area (Å²) >= 11 is 4.73. The van der Waals surface area contributed by atoms with Crippen molar-refractivity contribution in [2.24, 2.45) is 0 Å². The van der Waals surface area contributed by atoms with Crippen LogP contribution in [0.4, 0.5) is 0 Å². The van der Waals surface area contributed by atoms with Crippen LogP contribution in [-0.4, -0.2) is 25.0 Å². The Morgan fingerprint density at radius 3 is 3.00 bits per heavy atom. The molecule has 2 heterocycles. The predicted molar refractivity (Wildman–Crippen MR) is 46.7 cm³/mol. The number of halogens is 1. The van der Waals surface area contributed by atoms with E-state index in [4.69, 9.17) is 0 Å². The SMILES string of the molecule is Brc1nnc(Cn2cncn2)s1. The first kappa shape index (κ1) is 7.81. The fourth-order valence-electron chi connectivity index (χ4n) is 0.750. The topological polar surface area (TPSA) is 56.5 Å². The van der Waals surface area contributed by atoms with Crippen molar-refractivity contribution >= 4 is 27.3 Å². The fourth-order valence-corrected chi connectivity index (χ4v) is 1.94. The summed E-state index contributed by atoms with van der Waals surface area (Å²) in [4.78, 5) is 3.82. The molecule has 0 unspecified atom stereocenters. The fraction of sp³-hybridized carbons (Fsp3) is 0.200. The largest absolute Gasteiger partial charge is 0.246 e. The molecule has 0 aliphatic heterocycles. The Hall–Kier alpha value is -0.820. The molecule has 62 valence electrons. The highest BCUT2D eigenvalue weighted by molar-refractivity contribution is 9.11. The van der Waals surface area contributed by atoms with Gasteiger partial charge < -0.3 is 0 Å². The molecule has 0 saturated carbocycles. The van der Waals surface area contributed by atoms with E-state index in [1.165, 1.54) is 17.7 Å². The summed E-state index contributed by atoms with van der Waals surface area (Å²) in [5.74, 6) is 0. The van der Waals surface area contributed by atoms with Gasteiger partial charge in [0, 0.05) is 0 Å². The average molecular weight is 246 g/mol. The van der Waals surface area contributed by atoms with Gasteiger partial charge in [0.25, 0.3) is 0 Å². The molecule has 2 aromatic heterocycles. The smallest absolute Gasteiger partial charge is 0.183 e. The lowest BCUT2D eigenvalue weighted by molar-refractivity contribution is 0.675. The molecule has 0 atom stereocenters. The highest BCUT2D eigenvalue weighted by Gasteiger charge is 2.01. The first-order valence-corrected chi connectivity index (χ1v) is 4.76. The summed E-state index contributed by atoms with van der Waals surface area (Å²) in [6, 6.07) is 0. The number of rotatable bonds is 2. The third-order valence-electron chi connectivity index (χ3n) is 1.21. The quantitative estimate of drug-likeness (QED) is 0.791. The van der Waals surface area contributed by atoms with Crippen LogP contribution >= 0.6 is 27.3 Å². The average Bonchev–Trinajstić information content (AvgIpc) is 2.63. The number of hydrogen-bond acceptors (Lipinski definition) is 5. The van der Waals surface area contributed by atoms with Crippen LogP contribution in [0.25, 0.3) is 0 Å². The highest BCUT2D eigenvalue weighted by Crippen LogP contribution is 2.15. The molecule has 0 radical (unpaired) electrons. The second-order valence-corrected chi connectivity index (χ2v) is 4.38. The molecule has 0 saturated heterocycles. The van der Waals surface area contributed by atoms with Gasteiger partial charge in [0.1, 0.15) is 17.7 Å². The van der Waals surface area contributed by atoms with Crippen molar-refractivity contribution in [1.82, 2.24) is 25.0 Å². The lowest BCUT2D eigenvalue weighted by Gasteiger charge is -1.92. The van der Waals surface area contributed by atoms with Gasteiger partial charge in [-0.05, 0) is 15.9 Å². The Kier molecular flexibility index (Phi) is 2.13. The third kappa shape index (κ3) is 1.67. The molecule has 7 heteroatoms. The van der Waals surface area contributed by atoms with Crippen LogP contribution in [0.2, 0.25) is 0 Å². The van der Waals surface area contributed by atoms with E-state index in [2.05, 4.69) is 36.2 Å². The second-order valence-electron chi connectivity index (χ2n) is 2.04. The molecule has 0 N–H and O–H groups in total. The molecule has 2 aromatic rings. The van der Waals surface area contributed by atoms with E-state index in [-0.39, 0.29) is 0 Å². The van der Waals surface area contributed by atoms with E-state index in [1.54, 1.807) is 11.0 Å². The summed E-state index contributed by atoms with van der Waals surface area (Å²) in [7, 11) is 0. The predicted octanol–water partition coefficient (Wildman–Crippen LogP) is 0.940. The first-order valence-electron chi connectivity index (χ1n) is 3.15. The summed E-state index contributed by atoms with van der Waals surface area (Å²) in [5.41, 5.74) is 0. The lowest BCUT2D eigenvalue weighted by Crippen LogP contribution is -1.99. The molecule has 0 aromatic carbocycles. The standard InChI is InChI=1S/C5H4BrN5S/c6-5-10-9-4(12-5)1-11-3-7-2-8-11/h2-3H,1H2. The van der Waals surface area contributed by atoms with E-state index in [0.717, 1.165) is 8.92 Å². The van der Waals surface area contributed by atoms with Gasteiger partial charge in [-0.1, -0.05) is 11.3 Å². The maximum absolute atomic E-state index is 3.95. The van der Waals surface area contributed by atoms with Crippen molar-refractivity contribution in [1.29, 1.82) is 0 Å². The van der Waals surface area contributed by atoms with Gasteiger partial charge in [0.15, 0.2) is 3.92 Å². The van der Waals surface area contributed by atoms with Crippen molar-refractivity contribution in [3.8, 4) is 0 Å². The van der Waals surface area contributed by atoms with Gasteiger partial charge in [-0.25, -0.2) is 9.67 Å². The van der Waals surface area contributed by atoms with Crippen molar-refractivity contribution in [2.45, 2.75) is 6.54 Å². The summed E-state index contributed by atoms with van der Waals surface area (Å²) in [6.07, 6.45) is 3.14. The molecular formula is C5H4BrN5S. The number of nitrogens with zero attached hydrogens (tertiary/aromatic N) is 5. The Morgan fingerprint density at radius 2 is 2.42 bits per heavy atom. The zero-order valence-electron chi connectivity index (χ0n) is 5.88. The van der Waals surface area contributed by atoms with Gasteiger partial charge >= 0.3 is 0 Å². The lowest BCUT2D eigenvalue weighted by atomic mass is 10.7. The summed E-state index contributed by atoms with van der Waals surface area (Å²) in [6.45, 7) is 0.628. The molecule has 2 rings (SSSR count). The molecule has 0 bridgehead atoms. The van der Waals surface area contributed by atoms with E-state index in [1.807, 2.05) is 0 Å². The molecule has 0 spiro atoms. The zero-order valence-corrected chi connectivity index (χ0v) is 8.29. The van der Waals surface area contributed by atoms with Gasteiger partial charge in [-0.2, -0.15) is 5.10 Å². The van der Waals surface area contributed by atoms with Crippen molar-refractivity contribution in [2.75, 3.05) is 0 Å². The van der Waals surface area contributed by atoms with E-state index >= 15 is 0 Å². The van der Waals surface area contributed by atoms with Gasteiger partial charge in [-0.3, -0.25) is 0 Å². The normalized spacial score (nSPS) is 10.4. The summed E-state index contributed by atoms with van der Waals surface area (Å²) in [5, 5.41) is 12.6. The monoisotopic (exact) mass is 245 g/mol. The van der Waals surface area contributed by atoms with Crippen LogP contribution in [0, 0.1) is 0 Å². The molecule has 5 nitrogen and oxygen atoms in total. The first-order chi connectivity index (χ1) is 5.84. The van der Waals surface area contributed by atoms with E-state index in [0.29, 0.717) is 6.54 Å². The zero-order chi connectivity index (χ0) is 8.39. The molecule has 0 aliphatic carbocycles. The maximum Gasteiger partial charge on any atom is 0.183 e. The Morgan fingerprint density at radius 1 is 1.50 bits per heavy atom. The Balaban J connectivity index is 2.14. The van der Waals surface area contributed by atoms with Crippen LogP contribution < -0.4 is 0 Å². The third-order valence-corrected chi connectivity index (χ3v) is 2.55. The molecule has 12 heavy (non-hydrogen) atoms. The van der Waals surface area contributed by atoms with Gasteiger partial charge in [0.05, 0.1) is 6.54 Å². The summed E-state index contributed by atoms with van der Waals surface area (Å²) < 4.78 is 2.49. The van der Waals surface area contributed by atoms with Crippen molar-refractivity contribution < 1.29 is 0 Å². The van der Waals surface area contributed by atoms with E-state index < -0.39 is 0 Å². The second kappa shape index (κ2) is 3.28. The van der Waals surface area contributed by atoms with Crippen LogP contribution in [0.5, 0.6) is 0 Å². The highest BCUT2D eigenvalue weighted by atomic mass is 79.9. The molecule has 0 aliphatic rings. The Bertz CT molecular complexity index is 356.